The average Bonchev–Trinajstić information content (AvgIpc) is 1.96. The molecule has 0 aromatic rings. The maximum atomic E-state index is 9.54. The largest absolute Gasteiger partial charge is 0.392 e. The van der Waals surface area contributed by atoms with E-state index < -0.39 is 0 Å². The van der Waals surface area contributed by atoms with Crippen molar-refractivity contribution in [1.82, 2.24) is 4.90 Å². The van der Waals surface area contributed by atoms with Gasteiger partial charge in [-0.25, -0.2) is 0 Å². The highest BCUT2D eigenvalue weighted by Gasteiger charge is 2.24. The molecule has 0 aliphatic carbocycles. The summed E-state index contributed by atoms with van der Waals surface area (Å²) in [5.74, 6) is 0.412. The number of likely N-dealkylation sites (tertiary alicyclic amines) is 1. The van der Waals surface area contributed by atoms with Crippen LogP contribution in [0.5, 0.6) is 0 Å². The van der Waals surface area contributed by atoms with E-state index in [2.05, 4.69) is 11.8 Å². The number of hydrogen-bond donors (Lipinski definition) is 2. The number of hydrogen-bond acceptors (Lipinski definition) is 3. The lowest BCUT2D eigenvalue weighted by Gasteiger charge is -2.34. The van der Waals surface area contributed by atoms with Gasteiger partial charge in [0.15, 0.2) is 0 Å². The third kappa shape index (κ3) is 2.73. The van der Waals surface area contributed by atoms with Gasteiger partial charge in [0, 0.05) is 13.1 Å². The molecule has 0 bridgehead atoms. The number of β-amino-alcohol motifs (C(OH)–C–C–N with tert-alkyl or cyclic N) is 2. The van der Waals surface area contributed by atoms with Gasteiger partial charge in [0.1, 0.15) is 0 Å². The van der Waals surface area contributed by atoms with Crippen LogP contribution >= 0.6 is 0 Å². The Morgan fingerprint density at radius 2 is 2.25 bits per heavy atom. The van der Waals surface area contributed by atoms with E-state index in [-0.39, 0.29) is 12.2 Å². The Bertz CT molecular complexity index is 138. The summed E-state index contributed by atoms with van der Waals surface area (Å²) in [7, 11) is 0. The molecule has 72 valence electrons. The van der Waals surface area contributed by atoms with Crippen LogP contribution in [-0.4, -0.2) is 47.0 Å². The smallest absolute Gasteiger partial charge is 0.0693 e. The van der Waals surface area contributed by atoms with Gasteiger partial charge in [-0.05, 0) is 25.8 Å². The van der Waals surface area contributed by atoms with E-state index in [0.717, 1.165) is 13.0 Å². The van der Waals surface area contributed by atoms with Crippen molar-refractivity contribution in [3.63, 3.8) is 0 Å². The summed E-state index contributed by atoms with van der Waals surface area (Å²) < 4.78 is 0. The fraction of sp³-hybridized carbons (Fsp3) is 1.00. The predicted molar refractivity (Wildman–Crippen MR) is 47.9 cm³/mol. The van der Waals surface area contributed by atoms with Crippen LogP contribution in [0, 0.1) is 5.92 Å². The second kappa shape index (κ2) is 4.21. The first-order valence-electron chi connectivity index (χ1n) is 4.68. The summed E-state index contributed by atoms with van der Waals surface area (Å²) in [6.45, 7) is 6.26. The molecule has 0 aromatic heterocycles. The molecule has 1 aliphatic heterocycles. The molecular weight excluding hydrogens is 154 g/mol. The van der Waals surface area contributed by atoms with Crippen LogP contribution in [0.3, 0.4) is 0 Å². The lowest BCUT2D eigenvalue weighted by atomic mass is 9.96. The lowest BCUT2D eigenvalue weighted by Crippen LogP contribution is -2.45. The molecule has 3 heteroatoms. The zero-order valence-electron chi connectivity index (χ0n) is 7.90. The van der Waals surface area contributed by atoms with Crippen LogP contribution in [-0.2, 0) is 0 Å². The van der Waals surface area contributed by atoms with Crippen molar-refractivity contribution in [3.05, 3.63) is 0 Å². The van der Waals surface area contributed by atoms with Gasteiger partial charge < -0.3 is 10.2 Å². The van der Waals surface area contributed by atoms with Gasteiger partial charge in [0.25, 0.3) is 0 Å². The molecule has 2 unspecified atom stereocenters. The zero-order chi connectivity index (χ0) is 9.14. The average molecular weight is 173 g/mol. The molecule has 0 aromatic carbocycles. The SMILES string of the molecule is CC1CCN(C[C@H](C)O)CC1O. The third-order valence-electron chi connectivity index (χ3n) is 2.53. The molecule has 0 saturated carbocycles. The monoisotopic (exact) mass is 173 g/mol. The minimum Gasteiger partial charge on any atom is -0.392 e. The van der Waals surface area contributed by atoms with Gasteiger partial charge in [-0.15, -0.1) is 0 Å². The molecule has 0 spiro atoms. The molecule has 2 N–H and O–H groups in total. The molecule has 1 aliphatic rings. The highest BCUT2D eigenvalue weighted by atomic mass is 16.3. The first-order chi connectivity index (χ1) is 5.59. The van der Waals surface area contributed by atoms with Crippen molar-refractivity contribution >= 4 is 0 Å². The lowest BCUT2D eigenvalue weighted by molar-refractivity contribution is 0.0119. The molecule has 3 atom stereocenters. The maximum Gasteiger partial charge on any atom is 0.0693 e. The number of piperidine rings is 1. The molecule has 12 heavy (non-hydrogen) atoms. The van der Waals surface area contributed by atoms with E-state index in [9.17, 15) is 5.11 Å². The Hall–Kier alpha value is -0.120. The summed E-state index contributed by atoms with van der Waals surface area (Å²) in [6, 6.07) is 0. The quantitative estimate of drug-likeness (QED) is 0.621. The van der Waals surface area contributed by atoms with Crippen molar-refractivity contribution < 1.29 is 10.2 Å². The second-order valence-electron chi connectivity index (χ2n) is 3.94. The number of nitrogens with zero attached hydrogens (tertiary/aromatic N) is 1. The second-order valence-corrected chi connectivity index (χ2v) is 3.94. The first kappa shape index (κ1) is 9.96. The highest BCUT2D eigenvalue weighted by molar-refractivity contribution is 4.77. The molecule has 0 radical (unpaired) electrons. The van der Waals surface area contributed by atoms with Crippen molar-refractivity contribution in [2.45, 2.75) is 32.5 Å². The maximum absolute atomic E-state index is 9.54. The molecular formula is C9H19NO2. The molecule has 1 heterocycles. The van der Waals surface area contributed by atoms with Crippen LogP contribution in [0.1, 0.15) is 20.3 Å². The van der Waals surface area contributed by atoms with E-state index in [1.54, 1.807) is 6.92 Å². The topological polar surface area (TPSA) is 43.7 Å². The van der Waals surface area contributed by atoms with E-state index in [1.807, 2.05) is 0 Å². The van der Waals surface area contributed by atoms with E-state index >= 15 is 0 Å². The number of rotatable bonds is 2. The first-order valence-corrected chi connectivity index (χ1v) is 4.68. The normalized spacial score (nSPS) is 35.0. The highest BCUT2D eigenvalue weighted by Crippen LogP contribution is 2.16. The van der Waals surface area contributed by atoms with Crippen molar-refractivity contribution in [1.29, 1.82) is 0 Å². The van der Waals surface area contributed by atoms with Crippen molar-refractivity contribution in [2.75, 3.05) is 19.6 Å². The molecule has 1 saturated heterocycles. The van der Waals surface area contributed by atoms with Crippen LogP contribution in [0.15, 0.2) is 0 Å². The minimum atomic E-state index is -0.286. The van der Waals surface area contributed by atoms with Gasteiger partial charge in [-0.1, -0.05) is 6.92 Å². The Morgan fingerprint density at radius 1 is 1.58 bits per heavy atom. The van der Waals surface area contributed by atoms with E-state index in [0.29, 0.717) is 19.0 Å². The number of aliphatic hydroxyl groups excluding tert-OH is 2. The van der Waals surface area contributed by atoms with Crippen LogP contribution in [0.25, 0.3) is 0 Å². The minimum absolute atomic E-state index is 0.211. The van der Waals surface area contributed by atoms with Crippen LogP contribution < -0.4 is 0 Å². The van der Waals surface area contributed by atoms with Crippen LogP contribution in [0.2, 0.25) is 0 Å². The van der Waals surface area contributed by atoms with Gasteiger partial charge >= 0.3 is 0 Å². The molecule has 0 amide bonds. The summed E-state index contributed by atoms with van der Waals surface area (Å²) in [5.41, 5.74) is 0. The summed E-state index contributed by atoms with van der Waals surface area (Å²) in [6.07, 6.45) is 0.538. The summed E-state index contributed by atoms with van der Waals surface area (Å²) in [5, 5.41) is 18.7. The van der Waals surface area contributed by atoms with Gasteiger partial charge in [0.05, 0.1) is 12.2 Å². The van der Waals surface area contributed by atoms with E-state index in [4.69, 9.17) is 5.11 Å². The van der Waals surface area contributed by atoms with Gasteiger partial charge in [-0.3, -0.25) is 4.90 Å². The van der Waals surface area contributed by atoms with Crippen molar-refractivity contribution in [2.24, 2.45) is 5.92 Å². The Balaban J connectivity index is 2.30. The van der Waals surface area contributed by atoms with Gasteiger partial charge in [-0.2, -0.15) is 0 Å². The van der Waals surface area contributed by atoms with Gasteiger partial charge in [0.2, 0.25) is 0 Å². The Morgan fingerprint density at radius 3 is 2.75 bits per heavy atom. The Kier molecular flexibility index (Phi) is 3.50. The fourth-order valence-electron chi connectivity index (χ4n) is 1.65. The van der Waals surface area contributed by atoms with Crippen LogP contribution in [0.4, 0.5) is 0 Å². The van der Waals surface area contributed by atoms with Crippen molar-refractivity contribution in [3.8, 4) is 0 Å². The Labute approximate surface area is 74.0 Å². The van der Waals surface area contributed by atoms with E-state index in [1.165, 1.54) is 0 Å². The molecule has 1 rings (SSSR count). The fourth-order valence-corrected chi connectivity index (χ4v) is 1.65. The number of aliphatic hydroxyl groups is 2. The standard InChI is InChI=1S/C9H19NO2/c1-7-3-4-10(5-8(2)11)6-9(7)12/h7-9,11-12H,3-6H2,1-2H3/t7?,8-,9?/m0/s1. The predicted octanol–water partition coefficient (Wildman–Crippen LogP) is 0.0699. The summed E-state index contributed by atoms with van der Waals surface area (Å²) >= 11 is 0. The third-order valence-corrected chi connectivity index (χ3v) is 2.53. The summed E-state index contributed by atoms with van der Waals surface area (Å²) in [4.78, 5) is 2.12. The molecule has 1 fully saturated rings. The zero-order valence-corrected chi connectivity index (χ0v) is 7.90. The molecule has 3 nitrogen and oxygen atoms in total.